The van der Waals surface area contributed by atoms with Crippen LogP contribution in [0, 0.1) is 5.92 Å². The molecular weight excluding hydrogens is 232 g/mol. The van der Waals surface area contributed by atoms with Gasteiger partial charge in [-0.05, 0) is 39.0 Å². The van der Waals surface area contributed by atoms with E-state index in [0.29, 0.717) is 12.5 Å². The Bertz CT molecular complexity index is 324. The molecule has 0 aliphatic heterocycles. The molecule has 5 heteroatoms. The Hall–Kier alpha value is -1.52. The standard InChI is InChI=1S/C13H22N2O3/c1-4-5-11(12(16)17)14-13(18)15(9(2)3)8-10-6-7-10/h4,9-11H,1,5-8H2,2-3H3,(H,14,18)(H,16,17). The van der Waals surface area contributed by atoms with E-state index < -0.39 is 12.0 Å². The highest BCUT2D eigenvalue weighted by Crippen LogP contribution is 2.30. The van der Waals surface area contributed by atoms with Gasteiger partial charge in [0, 0.05) is 12.6 Å². The van der Waals surface area contributed by atoms with Crippen LogP contribution in [0.1, 0.15) is 33.1 Å². The minimum Gasteiger partial charge on any atom is -0.480 e. The van der Waals surface area contributed by atoms with Crippen LogP contribution < -0.4 is 5.32 Å². The van der Waals surface area contributed by atoms with Gasteiger partial charge in [-0.1, -0.05) is 6.08 Å². The molecule has 2 amide bonds. The fourth-order valence-electron chi connectivity index (χ4n) is 1.73. The number of urea groups is 1. The average Bonchev–Trinajstić information content (AvgIpc) is 3.08. The van der Waals surface area contributed by atoms with Gasteiger partial charge in [0.15, 0.2) is 0 Å². The third-order valence-electron chi connectivity index (χ3n) is 3.03. The zero-order chi connectivity index (χ0) is 13.7. The van der Waals surface area contributed by atoms with Gasteiger partial charge in [0.05, 0.1) is 0 Å². The Balaban J connectivity index is 2.57. The van der Waals surface area contributed by atoms with Crippen LogP contribution in [-0.2, 0) is 4.79 Å². The number of nitrogens with one attached hydrogen (secondary N) is 1. The molecule has 0 radical (unpaired) electrons. The second-order valence-electron chi connectivity index (χ2n) is 5.05. The lowest BCUT2D eigenvalue weighted by Crippen LogP contribution is -2.50. The first-order valence-electron chi connectivity index (χ1n) is 6.36. The predicted molar refractivity (Wildman–Crippen MR) is 69.3 cm³/mol. The molecule has 1 aliphatic rings. The third kappa shape index (κ3) is 4.39. The van der Waals surface area contributed by atoms with Gasteiger partial charge in [0.25, 0.3) is 0 Å². The summed E-state index contributed by atoms with van der Waals surface area (Å²) in [5.41, 5.74) is 0. The van der Waals surface area contributed by atoms with Gasteiger partial charge < -0.3 is 15.3 Å². The van der Waals surface area contributed by atoms with Crippen molar-refractivity contribution >= 4 is 12.0 Å². The van der Waals surface area contributed by atoms with Crippen molar-refractivity contribution in [1.29, 1.82) is 0 Å². The molecule has 102 valence electrons. The van der Waals surface area contributed by atoms with Crippen molar-refractivity contribution in [2.45, 2.75) is 45.2 Å². The normalized spacial score (nSPS) is 16.2. The highest BCUT2D eigenvalue weighted by atomic mass is 16.4. The molecule has 0 aromatic rings. The van der Waals surface area contributed by atoms with E-state index in [4.69, 9.17) is 5.11 Å². The van der Waals surface area contributed by atoms with Crippen LogP contribution in [-0.4, -0.2) is 40.6 Å². The molecule has 1 saturated carbocycles. The quantitative estimate of drug-likeness (QED) is 0.681. The van der Waals surface area contributed by atoms with E-state index in [1.54, 1.807) is 4.90 Å². The molecular formula is C13H22N2O3. The van der Waals surface area contributed by atoms with E-state index in [-0.39, 0.29) is 18.5 Å². The van der Waals surface area contributed by atoms with Crippen molar-refractivity contribution in [3.63, 3.8) is 0 Å². The van der Waals surface area contributed by atoms with Crippen molar-refractivity contribution in [3.05, 3.63) is 12.7 Å². The monoisotopic (exact) mass is 254 g/mol. The highest BCUT2D eigenvalue weighted by molar-refractivity contribution is 5.82. The fraction of sp³-hybridized carbons (Fsp3) is 0.692. The van der Waals surface area contributed by atoms with Crippen LogP contribution >= 0.6 is 0 Å². The summed E-state index contributed by atoms with van der Waals surface area (Å²) in [5, 5.41) is 11.5. The highest BCUT2D eigenvalue weighted by Gasteiger charge is 2.29. The molecule has 1 atom stereocenters. The van der Waals surface area contributed by atoms with Crippen molar-refractivity contribution in [3.8, 4) is 0 Å². The second-order valence-corrected chi connectivity index (χ2v) is 5.05. The van der Waals surface area contributed by atoms with Crippen LogP contribution in [0.15, 0.2) is 12.7 Å². The molecule has 0 saturated heterocycles. The maximum absolute atomic E-state index is 12.1. The topological polar surface area (TPSA) is 69.6 Å². The van der Waals surface area contributed by atoms with Crippen molar-refractivity contribution in [1.82, 2.24) is 10.2 Å². The maximum atomic E-state index is 12.1. The zero-order valence-electron chi connectivity index (χ0n) is 11.1. The summed E-state index contributed by atoms with van der Waals surface area (Å²) in [5.74, 6) is -0.445. The minimum absolute atomic E-state index is 0.0729. The van der Waals surface area contributed by atoms with E-state index in [9.17, 15) is 9.59 Å². The SMILES string of the molecule is C=CCC(NC(=O)N(CC1CC1)C(C)C)C(=O)O. The number of carboxylic acid groups (broad SMARTS) is 1. The molecule has 1 unspecified atom stereocenters. The van der Waals surface area contributed by atoms with Gasteiger partial charge in [-0.15, -0.1) is 6.58 Å². The number of rotatable bonds is 7. The number of hydrogen-bond acceptors (Lipinski definition) is 2. The van der Waals surface area contributed by atoms with Crippen LogP contribution in [0.2, 0.25) is 0 Å². The van der Waals surface area contributed by atoms with Crippen LogP contribution in [0.5, 0.6) is 0 Å². The summed E-state index contributed by atoms with van der Waals surface area (Å²) in [7, 11) is 0. The molecule has 2 N–H and O–H groups in total. The molecule has 0 aromatic heterocycles. The first-order valence-corrected chi connectivity index (χ1v) is 6.36. The number of carbonyl (C=O) groups excluding carboxylic acids is 1. The number of aliphatic carboxylic acids is 1. The van der Waals surface area contributed by atoms with Crippen LogP contribution in [0.4, 0.5) is 4.79 Å². The van der Waals surface area contributed by atoms with Crippen molar-refractivity contribution < 1.29 is 14.7 Å². The smallest absolute Gasteiger partial charge is 0.326 e. The average molecular weight is 254 g/mol. The second kappa shape index (κ2) is 6.42. The Kier molecular flexibility index (Phi) is 5.19. The molecule has 1 fully saturated rings. The largest absolute Gasteiger partial charge is 0.480 e. The molecule has 1 rings (SSSR count). The minimum atomic E-state index is -1.03. The van der Waals surface area contributed by atoms with E-state index in [0.717, 1.165) is 12.8 Å². The molecule has 0 aromatic carbocycles. The van der Waals surface area contributed by atoms with Gasteiger partial charge >= 0.3 is 12.0 Å². The van der Waals surface area contributed by atoms with Gasteiger partial charge in [-0.3, -0.25) is 0 Å². The number of carbonyl (C=O) groups is 2. The molecule has 1 aliphatic carbocycles. The Morgan fingerprint density at radius 2 is 2.11 bits per heavy atom. The fourth-order valence-corrected chi connectivity index (χ4v) is 1.73. The first kappa shape index (κ1) is 14.5. The summed E-state index contributed by atoms with van der Waals surface area (Å²) >= 11 is 0. The molecule has 0 heterocycles. The summed E-state index contributed by atoms with van der Waals surface area (Å²) < 4.78 is 0. The first-order chi connectivity index (χ1) is 8.45. The summed E-state index contributed by atoms with van der Waals surface area (Å²) in [4.78, 5) is 24.7. The summed E-state index contributed by atoms with van der Waals surface area (Å²) in [6.07, 6.45) is 4.05. The predicted octanol–water partition coefficient (Wildman–Crippen LogP) is 1.85. The van der Waals surface area contributed by atoms with Gasteiger partial charge in [0.2, 0.25) is 0 Å². The zero-order valence-corrected chi connectivity index (χ0v) is 11.1. The van der Waals surface area contributed by atoms with Crippen LogP contribution in [0.3, 0.4) is 0 Å². The van der Waals surface area contributed by atoms with E-state index in [1.165, 1.54) is 6.08 Å². The summed E-state index contributed by atoms with van der Waals surface area (Å²) in [6.45, 7) is 8.08. The maximum Gasteiger partial charge on any atom is 0.326 e. The lowest BCUT2D eigenvalue weighted by Gasteiger charge is -2.28. The number of hydrogen-bond donors (Lipinski definition) is 2. The van der Waals surface area contributed by atoms with Crippen molar-refractivity contribution in [2.75, 3.05) is 6.54 Å². The molecule has 5 nitrogen and oxygen atoms in total. The third-order valence-corrected chi connectivity index (χ3v) is 3.03. The van der Waals surface area contributed by atoms with Gasteiger partial charge in [-0.2, -0.15) is 0 Å². The van der Waals surface area contributed by atoms with E-state index in [1.807, 2.05) is 13.8 Å². The Morgan fingerprint density at radius 3 is 2.50 bits per heavy atom. The molecule has 0 spiro atoms. The van der Waals surface area contributed by atoms with Crippen LogP contribution in [0.25, 0.3) is 0 Å². The lowest BCUT2D eigenvalue weighted by atomic mass is 10.2. The number of carboxylic acids is 1. The van der Waals surface area contributed by atoms with E-state index >= 15 is 0 Å². The Morgan fingerprint density at radius 1 is 1.50 bits per heavy atom. The lowest BCUT2D eigenvalue weighted by molar-refractivity contribution is -0.139. The van der Waals surface area contributed by atoms with E-state index in [2.05, 4.69) is 11.9 Å². The van der Waals surface area contributed by atoms with Gasteiger partial charge in [0.1, 0.15) is 6.04 Å². The number of amides is 2. The van der Waals surface area contributed by atoms with Gasteiger partial charge in [-0.25, -0.2) is 9.59 Å². The molecule has 0 bridgehead atoms. The molecule has 18 heavy (non-hydrogen) atoms. The summed E-state index contributed by atoms with van der Waals surface area (Å²) in [6, 6.07) is -1.12. The number of nitrogens with zero attached hydrogens (tertiary/aromatic N) is 1. The Labute approximate surface area is 108 Å². The van der Waals surface area contributed by atoms with Crippen molar-refractivity contribution in [2.24, 2.45) is 5.92 Å².